The van der Waals surface area contributed by atoms with Gasteiger partial charge in [-0.15, -0.1) is 0 Å². The third-order valence-corrected chi connectivity index (χ3v) is 7.56. The highest BCUT2D eigenvalue weighted by Gasteiger charge is 2.28. The summed E-state index contributed by atoms with van der Waals surface area (Å²) < 4.78 is 50.9. The highest BCUT2D eigenvalue weighted by molar-refractivity contribution is 7.93. The number of hydrogen-bond donors (Lipinski definition) is 2. The maximum Gasteiger partial charge on any atom is 0.270 e. The van der Waals surface area contributed by atoms with Gasteiger partial charge in [-0.05, 0) is 36.4 Å². The molecule has 0 amide bonds. The number of pyridine rings is 1. The highest BCUT2D eigenvalue weighted by atomic mass is 32.2. The average molecular weight is 526 g/mol. The normalized spacial score (nSPS) is 14.0. The van der Waals surface area contributed by atoms with Crippen molar-refractivity contribution < 1.29 is 27.2 Å². The summed E-state index contributed by atoms with van der Waals surface area (Å²) in [6.07, 6.45) is 1.77. The van der Waals surface area contributed by atoms with Gasteiger partial charge in [-0.2, -0.15) is 0 Å². The van der Waals surface area contributed by atoms with E-state index in [2.05, 4.69) is 25.1 Å². The van der Waals surface area contributed by atoms with Crippen molar-refractivity contribution >= 4 is 32.5 Å². The second-order valence-electron chi connectivity index (χ2n) is 8.32. The Labute approximate surface area is 214 Å². The Morgan fingerprint density at radius 3 is 2.35 bits per heavy atom. The molecule has 2 aromatic heterocycles. The summed E-state index contributed by atoms with van der Waals surface area (Å²) in [6.45, 7) is 3.67. The van der Waals surface area contributed by atoms with E-state index in [0.717, 1.165) is 43.1 Å². The molecule has 5 rings (SSSR count). The number of aromatic nitrogens is 2. The summed E-state index contributed by atoms with van der Waals surface area (Å²) in [5.41, 5.74) is 2.89. The zero-order chi connectivity index (χ0) is 26.0. The van der Waals surface area contributed by atoms with Crippen LogP contribution in [0.3, 0.4) is 0 Å². The standard InChI is InChI=1S/C25H27N5O6S/c1-33-19-5-4-6-20(34-2)24(19)37(31,32)29-25-23-21(35-3)13-16(14-22(23)36-28-25)18-15-17(7-8-27-18)30-11-9-26-10-12-30/h4-8,13-15,26H,9-12H2,1-3H3,(H,28,29). The van der Waals surface area contributed by atoms with E-state index in [0.29, 0.717) is 16.7 Å². The van der Waals surface area contributed by atoms with Crippen LogP contribution in [0.15, 0.2) is 58.1 Å². The number of rotatable bonds is 8. The van der Waals surface area contributed by atoms with E-state index < -0.39 is 10.0 Å². The van der Waals surface area contributed by atoms with Crippen molar-refractivity contribution in [2.45, 2.75) is 4.90 Å². The third kappa shape index (κ3) is 4.72. The number of benzene rings is 2. The van der Waals surface area contributed by atoms with Gasteiger partial charge in [0.1, 0.15) is 22.6 Å². The van der Waals surface area contributed by atoms with Crippen molar-refractivity contribution in [3.8, 4) is 28.5 Å². The van der Waals surface area contributed by atoms with E-state index in [1.807, 2.05) is 12.1 Å². The van der Waals surface area contributed by atoms with E-state index in [-0.39, 0.29) is 22.2 Å². The Bertz CT molecular complexity index is 1510. The molecule has 0 radical (unpaired) electrons. The Kier molecular flexibility index (Phi) is 6.76. The van der Waals surface area contributed by atoms with Crippen LogP contribution in [-0.2, 0) is 10.0 Å². The summed E-state index contributed by atoms with van der Waals surface area (Å²) in [5, 5.41) is 7.72. The maximum atomic E-state index is 13.4. The second-order valence-corrected chi connectivity index (χ2v) is 9.94. The first-order valence-electron chi connectivity index (χ1n) is 11.6. The number of anilines is 2. The van der Waals surface area contributed by atoms with E-state index in [4.69, 9.17) is 18.7 Å². The smallest absolute Gasteiger partial charge is 0.270 e. The molecule has 4 aromatic rings. The minimum atomic E-state index is -4.17. The molecule has 0 aliphatic carbocycles. The number of piperazine rings is 1. The van der Waals surface area contributed by atoms with E-state index in [1.165, 1.54) is 33.5 Å². The highest BCUT2D eigenvalue weighted by Crippen LogP contribution is 2.39. The lowest BCUT2D eigenvalue weighted by atomic mass is 10.1. The first-order valence-corrected chi connectivity index (χ1v) is 13.1. The molecule has 2 aromatic carbocycles. The molecule has 1 fully saturated rings. The fraction of sp³-hybridized carbons (Fsp3) is 0.280. The molecular formula is C25H27N5O6S. The lowest BCUT2D eigenvalue weighted by molar-refractivity contribution is 0.373. The van der Waals surface area contributed by atoms with Crippen LogP contribution >= 0.6 is 0 Å². The summed E-state index contributed by atoms with van der Waals surface area (Å²) in [6, 6.07) is 12.2. The monoisotopic (exact) mass is 525 g/mol. The van der Waals surface area contributed by atoms with Crippen molar-refractivity contribution in [2.24, 2.45) is 0 Å². The van der Waals surface area contributed by atoms with Gasteiger partial charge in [0.25, 0.3) is 10.0 Å². The van der Waals surface area contributed by atoms with Crippen molar-refractivity contribution in [3.05, 3.63) is 48.7 Å². The van der Waals surface area contributed by atoms with E-state index in [9.17, 15) is 8.42 Å². The van der Waals surface area contributed by atoms with Crippen LogP contribution in [0.4, 0.5) is 11.5 Å². The molecule has 11 nitrogen and oxygen atoms in total. The number of methoxy groups -OCH3 is 3. The lowest BCUT2D eigenvalue weighted by Crippen LogP contribution is -2.43. The molecule has 0 atom stereocenters. The van der Waals surface area contributed by atoms with Gasteiger partial charge in [0.05, 0.1) is 27.0 Å². The zero-order valence-electron chi connectivity index (χ0n) is 20.6. The molecule has 2 N–H and O–H groups in total. The van der Waals surface area contributed by atoms with Crippen molar-refractivity contribution in [3.63, 3.8) is 0 Å². The topological polar surface area (TPSA) is 128 Å². The Balaban J connectivity index is 1.53. The van der Waals surface area contributed by atoms with Gasteiger partial charge in [0, 0.05) is 43.6 Å². The zero-order valence-corrected chi connectivity index (χ0v) is 21.5. The molecule has 1 aliphatic rings. The van der Waals surface area contributed by atoms with Gasteiger partial charge in [0.2, 0.25) is 0 Å². The van der Waals surface area contributed by atoms with Crippen LogP contribution in [0.1, 0.15) is 0 Å². The Hall–Kier alpha value is -4.03. The first-order chi connectivity index (χ1) is 17.9. The number of fused-ring (bicyclic) bond motifs is 1. The molecule has 12 heteroatoms. The van der Waals surface area contributed by atoms with Crippen molar-refractivity contribution in [1.82, 2.24) is 15.5 Å². The van der Waals surface area contributed by atoms with Gasteiger partial charge in [-0.3, -0.25) is 9.71 Å². The third-order valence-electron chi connectivity index (χ3n) is 6.16. The molecule has 0 spiro atoms. The molecule has 1 aliphatic heterocycles. The van der Waals surface area contributed by atoms with Gasteiger partial charge in [-0.25, -0.2) is 8.42 Å². The molecule has 3 heterocycles. The maximum absolute atomic E-state index is 13.4. The Morgan fingerprint density at radius 2 is 1.68 bits per heavy atom. The predicted molar refractivity (Wildman–Crippen MR) is 139 cm³/mol. The fourth-order valence-corrected chi connectivity index (χ4v) is 5.70. The molecule has 37 heavy (non-hydrogen) atoms. The van der Waals surface area contributed by atoms with E-state index >= 15 is 0 Å². The minimum absolute atomic E-state index is 0.0196. The van der Waals surface area contributed by atoms with Crippen LogP contribution in [0, 0.1) is 0 Å². The SMILES string of the molecule is COc1cccc(OC)c1S(=O)(=O)Nc1noc2cc(-c3cc(N4CCNCC4)ccn3)cc(OC)c12. The van der Waals surface area contributed by atoms with Crippen LogP contribution in [-0.4, -0.2) is 66.1 Å². The summed E-state index contributed by atoms with van der Waals surface area (Å²) >= 11 is 0. The van der Waals surface area contributed by atoms with Gasteiger partial charge >= 0.3 is 0 Å². The van der Waals surface area contributed by atoms with Crippen LogP contribution in [0.25, 0.3) is 22.2 Å². The van der Waals surface area contributed by atoms with Gasteiger partial charge < -0.3 is 29.0 Å². The number of nitrogens with one attached hydrogen (secondary N) is 2. The van der Waals surface area contributed by atoms with E-state index in [1.54, 1.807) is 24.4 Å². The van der Waals surface area contributed by atoms with Crippen LogP contribution in [0.5, 0.6) is 17.2 Å². The molecule has 0 bridgehead atoms. The largest absolute Gasteiger partial charge is 0.496 e. The second kappa shape index (κ2) is 10.1. The van der Waals surface area contributed by atoms with Crippen LogP contribution in [0.2, 0.25) is 0 Å². The average Bonchev–Trinajstić information content (AvgIpc) is 3.34. The quantitative estimate of drug-likeness (QED) is 0.354. The molecule has 0 unspecified atom stereocenters. The molecule has 0 saturated carbocycles. The first kappa shape index (κ1) is 24.7. The molecular weight excluding hydrogens is 498 g/mol. The Morgan fingerprint density at radius 1 is 0.973 bits per heavy atom. The number of nitrogens with zero attached hydrogens (tertiary/aromatic N) is 3. The minimum Gasteiger partial charge on any atom is -0.496 e. The predicted octanol–water partition coefficient (Wildman–Crippen LogP) is 3.13. The molecule has 1 saturated heterocycles. The molecule has 194 valence electrons. The van der Waals surface area contributed by atoms with Gasteiger partial charge in [0.15, 0.2) is 16.3 Å². The summed E-state index contributed by atoms with van der Waals surface area (Å²) in [4.78, 5) is 6.68. The lowest BCUT2D eigenvalue weighted by Gasteiger charge is -2.29. The number of hydrogen-bond acceptors (Lipinski definition) is 10. The fourth-order valence-electron chi connectivity index (χ4n) is 4.37. The van der Waals surface area contributed by atoms with Gasteiger partial charge in [-0.1, -0.05) is 11.2 Å². The van der Waals surface area contributed by atoms with Crippen molar-refractivity contribution in [2.75, 3.05) is 57.1 Å². The number of ether oxygens (including phenoxy) is 3. The van der Waals surface area contributed by atoms with Crippen molar-refractivity contribution in [1.29, 1.82) is 0 Å². The van der Waals surface area contributed by atoms with Crippen LogP contribution < -0.4 is 29.1 Å². The summed E-state index contributed by atoms with van der Waals surface area (Å²) in [7, 11) is 0.0991. The number of sulfonamides is 1. The summed E-state index contributed by atoms with van der Waals surface area (Å²) in [5.74, 6) is 0.621.